The summed E-state index contributed by atoms with van der Waals surface area (Å²) in [5.74, 6) is 1.35. The summed E-state index contributed by atoms with van der Waals surface area (Å²) in [4.78, 5) is 0. The molecule has 0 saturated carbocycles. The van der Waals surface area contributed by atoms with E-state index in [2.05, 4.69) is 15.3 Å². The third-order valence-electron chi connectivity index (χ3n) is 3.49. The van der Waals surface area contributed by atoms with Crippen LogP contribution in [-0.4, -0.2) is 27.7 Å². The van der Waals surface area contributed by atoms with Crippen LogP contribution in [0.1, 0.15) is 18.1 Å². The van der Waals surface area contributed by atoms with Crippen molar-refractivity contribution in [3.05, 3.63) is 69.2 Å². The van der Waals surface area contributed by atoms with Gasteiger partial charge in [0.05, 0.1) is 12.8 Å². The summed E-state index contributed by atoms with van der Waals surface area (Å²) < 4.78 is 13.8. The Balaban J connectivity index is 1.80. The van der Waals surface area contributed by atoms with Crippen molar-refractivity contribution >= 4 is 30.7 Å². The number of nitrogens with zero attached hydrogens (tertiary/aromatic N) is 2. The van der Waals surface area contributed by atoms with Crippen LogP contribution < -0.4 is 9.47 Å². The van der Waals surface area contributed by atoms with Gasteiger partial charge in [0.25, 0.3) is 0 Å². The first-order valence-electron chi connectivity index (χ1n) is 8.05. The average molecular weight is 387 g/mol. The van der Waals surface area contributed by atoms with Gasteiger partial charge in [-0.25, -0.2) is 0 Å². The third kappa shape index (κ3) is 4.47. The van der Waals surface area contributed by atoms with E-state index in [4.69, 9.17) is 33.9 Å². The van der Waals surface area contributed by atoms with E-state index in [0.29, 0.717) is 34.3 Å². The number of hydrogen-bond acceptors (Lipinski definition) is 5. The van der Waals surface area contributed by atoms with E-state index in [1.165, 1.54) is 4.68 Å². The van der Waals surface area contributed by atoms with Gasteiger partial charge in [-0.15, -0.1) is 0 Å². The van der Waals surface area contributed by atoms with Gasteiger partial charge in [0.1, 0.15) is 6.61 Å². The summed E-state index contributed by atoms with van der Waals surface area (Å²) in [5, 5.41) is 9.76. The molecule has 0 spiro atoms. The van der Waals surface area contributed by atoms with Gasteiger partial charge in [-0.05, 0) is 60.7 Å². The Hall–Kier alpha value is -2.71. The summed E-state index contributed by atoms with van der Waals surface area (Å²) >= 11 is 10.2. The minimum absolute atomic E-state index is 0.402. The van der Waals surface area contributed by atoms with Crippen molar-refractivity contribution in [1.29, 1.82) is 0 Å². The highest BCUT2D eigenvalue weighted by molar-refractivity contribution is 7.72. The molecule has 6 nitrogen and oxygen atoms in total. The molecule has 0 aliphatic heterocycles. The maximum Gasteiger partial charge on any atom is 0.215 e. The monoisotopic (exact) mass is 386 g/mol. The summed E-state index contributed by atoms with van der Waals surface area (Å²) in [6.45, 7) is 2.94. The molecule has 0 aliphatic rings. The van der Waals surface area contributed by atoms with Gasteiger partial charge in [-0.2, -0.15) is 9.78 Å². The van der Waals surface area contributed by atoms with E-state index in [1.54, 1.807) is 6.21 Å². The van der Waals surface area contributed by atoms with Gasteiger partial charge >= 0.3 is 0 Å². The van der Waals surface area contributed by atoms with Crippen LogP contribution in [0.3, 0.4) is 0 Å². The molecule has 0 fully saturated rings. The highest BCUT2D eigenvalue weighted by atomic mass is 32.1. The molecular weight excluding hydrogens is 368 g/mol. The van der Waals surface area contributed by atoms with Gasteiger partial charge < -0.3 is 9.47 Å². The van der Waals surface area contributed by atoms with Crippen LogP contribution in [0.15, 0.2) is 53.6 Å². The number of hydrogen-bond donors (Lipinski definition) is 2. The highest BCUT2D eigenvalue weighted by Crippen LogP contribution is 2.28. The molecule has 0 atom stereocenters. The third-order valence-corrected chi connectivity index (χ3v) is 4.04. The van der Waals surface area contributed by atoms with Gasteiger partial charge in [0.2, 0.25) is 9.54 Å². The number of aromatic amines is 2. The van der Waals surface area contributed by atoms with Crippen LogP contribution >= 0.6 is 24.4 Å². The van der Waals surface area contributed by atoms with E-state index in [0.717, 1.165) is 11.1 Å². The van der Waals surface area contributed by atoms with E-state index in [9.17, 15) is 0 Å². The molecule has 1 heterocycles. The number of benzene rings is 2. The maximum absolute atomic E-state index is 5.90. The minimum Gasteiger partial charge on any atom is -0.490 e. The molecule has 134 valence electrons. The Bertz CT molecular complexity index is 978. The second-order valence-electron chi connectivity index (χ2n) is 5.33. The van der Waals surface area contributed by atoms with Crippen molar-refractivity contribution in [2.24, 2.45) is 5.10 Å². The largest absolute Gasteiger partial charge is 0.490 e. The van der Waals surface area contributed by atoms with Gasteiger partial charge in [-0.3, -0.25) is 10.2 Å². The molecule has 3 rings (SSSR count). The van der Waals surface area contributed by atoms with Crippen molar-refractivity contribution in [3.63, 3.8) is 0 Å². The summed E-state index contributed by atoms with van der Waals surface area (Å²) in [7, 11) is 0. The van der Waals surface area contributed by atoms with Crippen LogP contribution in [0.25, 0.3) is 0 Å². The highest BCUT2D eigenvalue weighted by Gasteiger charge is 2.06. The van der Waals surface area contributed by atoms with Gasteiger partial charge in [0.15, 0.2) is 11.5 Å². The molecule has 8 heteroatoms. The Kier molecular flexibility index (Phi) is 5.98. The second kappa shape index (κ2) is 8.59. The maximum atomic E-state index is 5.90. The number of ether oxygens (including phenoxy) is 2. The zero-order chi connectivity index (χ0) is 18.4. The van der Waals surface area contributed by atoms with Crippen molar-refractivity contribution < 1.29 is 9.47 Å². The fourth-order valence-corrected chi connectivity index (χ4v) is 2.70. The number of nitrogens with one attached hydrogen (secondary N) is 2. The van der Waals surface area contributed by atoms with Crippen LogP contribution in [0.4, 0.5) is 0 Å². The molecule has 0 aliphatic carbocycles. The number of rotatable bonds is 7. The predicted molar refractivity (Wildman–Crippen MR) is 106 cm³/mol. The molecule has 2 N–H and O–H groups in total. The van der Waals surface area contributed by atoms with Gasteiger partial charge in [0, 0.05) is 0 Å². The molecule has 26 heavy (non-hydrogen) atoms. The van der Waals surface area contributed by atoms with E-state index in [-0.39, 0.29) is 0 Å². The second-order valence-corrected chi connectivity index (χ2v) is 6.10. The molecule has 3 aromatic rings. The lowest BCUT2D eigenvalue weighted by molar-refractivity contribution is 0.269. The average Bonchev–Trinajstić information content (AvgIpc) is 2.98. The van der Waals surface area contributed by atoms with Crippen molar-refractivity contribution in [2.75, 3.05) is 6.61 Å². The van der Waals surface area contributed by atoms with E-state index < -0.39 is 0 Å². The van der Waals surface area contributed by atoms with Crippen LogP contribution in [0.5, 0.6) is 11.5 Å². The molecular formula is C18H18N4O2S2. The van der Waals surface area contributed by atoms with E-state index >= 15 is 0 Å². The lowest BCUT2D eigenvalue weighted by Crippen LogP contribution is -2.00. The quantitative estimate of drug-likeness (QED) is 0.465. The first kappa shape index (κ1) is 18.1. The first-order valence-corrected chi connectivity index (χ1v) is 8.86. The zero-order valence-electron chi connectivity index (χ0n) is 14.1. The fourth-order valence-electron chi connectivity index (χ4n) is 2.26. The molecule has 1 aromatic heterocycles. The lowest BCUT2D eigenvalue weighted by Gasteiger charge is -2.12. The molecule has 0 saturated heterocycles. The first-order chi connectivity index (χ1) is 12.7. The fraction of sp³-hybridized carbons (Fsp3) is 0.167. The Morgan fingerprint density at radius 1 is 1.00 bits per heavy atom. The lowest BCUT2D eigenvalue weighted by atomic mass is 10.2. The molecule has 0 amide bonds. The zero-order valence-corrected chi connectivity index (χ0v) is 15.8. The SMILES string of the molecule is CCOc1cc(/C=N\n2c(=S)[nH][nH]c2=S)ccc1OCc1ccccc1. The van der Waals surface area contributed by atoms with Crippen LogP contribution in [0, 0.1) is 9.54 Å². The predicted octanol–water partition coefficient (Wildman–Crippen LogP) is 4.46. The molecule has 0 bridgehead atoms. The minimum atomic E-state index is 0.402. The topological polar surface area (TPSA) is 67.3 Å². The summed E-state index contributed by atoms with van der Waals surface area (Å²) in [6, 6.07) is 15.6. The van der Waals surface area contributed by atoms with Crippen LogP contribution in [0.2, 0.25) is 0 Å². The number of aromatic nitrogens is 3. The molecule has 0 unspecified atom stereocenters. The number of H-pyrrole nitrogens is 2. The molecule has 2 aromatic carbocycles. The molecule has 0 radical (unpaired) electrons. The van der Waals surface area contributed by atoms with E-state index in [1.807, 2.05) is 55.5 Å². The smallest absolute Gasteiger partial charge is 0.215 e. The van der Waals surface area contributed by atoms with Crippen molar-refractivity contribution in [3.8, 4) is 11.5 Å². The normalized spacial score (nSPS) is 11.0. The Labute approximate surface area is 161 Å². The summed E-state index contributed by atoms with van der Waals surface area (Å²) in [5.41, 5.74) is 1.94. The van der Waals surface area contributed by atoms with Gasteiger partial charge in [-0.1, -0.05) is 30.3 Å². The Morgan fingerprint density at radius 3 is 2.42 bits per heavy atom. The standard InChI is InChI=1S/C18H18N4O2S2/c1-2-23-16-10-14(11-19-22-17(25)20-21-18(22)26)8-9-15(16)24-12-13-6-4-3-5-7-13/h3-11H,2,12H2,1H3,(H,20,25)(H,21,26)/b19-11-. The van der Waals surface area contributed by atoms with Crippen LogP contribution in [-0.2, 0) is 6.61 Å². The van der Waals surface area contributed by atoms with Crippen molar-refractivity contribution in [1.82, 2.24) is 14.9 Å². The summed E-state index contributed by atoms with van der Waals surface area (Å²) in [6.07, 6.45) is 1.66. The Morgan fingerprint density at radius 2 is 1.73 bits per heavy atom. The van der Waals surface area contributed by atoms with Crippen molar-refractivity contribution in [2.45, 2.75) is 13.5 Å².